The van der Waals surface area contributed by atoms with Gasteiger partial charge in [-0.3, -0.25) is 4.79 Å². The Hall–Kier alpha value is -4.06. The highest BCUT2D eigenvalue weighted by Crippen LogP contribution is 2.29. The van der Waals surface area contributed by atoms with E-state index in [0.717, 1.165) is 22.7 Å². The molecular formula is C28H19Cl2N3O2. The summed E-state index contributed by atoms with van der Waals surface area (Å²) in [6.45, 7) is 0. The van der Waals surface area contributed by atoms with Crippen LogP contribution in [0.3, 0.4) is 0 Å². The largest absolute Gasteiger partial charge is 0.457 e. The number of para-hydroxylation sites is 1. The Morgan fingerprint density at radius 2 is 1.51 bits per heavy atom. The average molecular weight is 500 g/mol. The highest BCUT2D eigenvalue weighted by atomic mass is 35.5. The van der Waals surface area contributed by atoms with E-state index in [1.165, 1.54) is 0 Å². The predicted octanol–water partition coefficient (Wildman–Crippen LogP) is 7.89. The fourth-order valence-electron chi connectivity index (χ4n) is 3.51. The quantitative estimate of drug-likeness (QED) is 0.258. The average Bonchev–Trinajstić information content (AvgIpc) is 3.36. The Balaban J connectivity index is 1.24. The van der Waals surface area contributed by atoms with Crippen molar-refractivity contribution in [3.63, 3.8) is 0 Å². The van der Waals surface area contributed by atoms with Crippen LogP contribution in [0, 0.1) is 0 Å². The van der Waals surface area contributed by atoms with Crippen molar-refractivity contribution in [2.24, 2.45) is 0 Å². The number of nitrogens with one attached hydrogen (secondary N) is 1. The molecule has 0 bridgehead atoms. The number of aromatic nitrogens is 2. The molecule has 1 aromatic heterocycles. The number of carbonyl (C=O) groups excluding carboxylic acids is 1. The lowest BCUT2D eigenvalue weighted by molar-refractivity contribution is 0.102. The van der Waals surface area contributed by atoms with Crippen molar-refractivity contribution in [2.45, 2.75) is 0 Å². The van der Waals surface area contributed by atoms with Crippen LogP contribution in [0.2, 0.25) is 10.0 Å². The molecule has 0 unspecified atom stereocenters. The van der Waals surface area contributed by atoms with Gasteiger partial charge in [-0.25, -0.2) is 4.68 Å². The van der Waals surface area contributed by atoms with Gasteiger partial charge in [0.05, 0.1) is 16.4 Å². The predicted molar refractivity (Wildman–Crippen MR) is 140 cm³/mol. The molecule has 172 valence electrons. The zero-order valence-electron chi connectivity index (χ0n) is 18.4. The number of hydrogen-bond donors (Lipinski definition) is 1. The maximum absolute atomic E-state index is 12.7. The van der Waals surface area contributed by atoms with Gasteiger partial charge in [0.25, 0.3) is 5.91 Å². The fraction of sp³-hybridized carbons (Fsp3) is 0. The van der Waals surface area contributed by atoms with Crippen molar-refractivity contribution >= 4 is 34.8 Å². The summed E-state index contributed by atoms with van der Waals surface area (Å²) in [7, 11) is 0. The third-order valence-electron chi connectivity index (χ3n) is 5.28. The minimum Gasteiger partial charge on any atom is -0.457 e. The van der Waals surface area contributed by atoms with Crippen LogP contribution in [0.4, 0.5) is 5.69 Å². The monoisotopic (exact) mass is 499 g/mol. The number of rotatable bonds is 6. The molecule has 7 heteroatoms. The number of hydrogen-bond acceptors (Lipinski definition) is 3. The zero-order chi connectivity index (χ0) is 24.2. The highest BCUT2D eigenvalue weighted by molar-refractivity contribution is 6.36. The van der Waals surface area contributed by atoms with E-state index < -0.39 is 0 Å². The first-order valence-electron chi connectivity index (χ1n) is 10.8. The minimum absolute atomic E-state index is 0.206. The van der Waals surface area contributed by atoms with Crippen LogP contribution in [-0.4, -0.2) is 15.7 Å². The number of benzene rings is 4. The molecule has 0 atom stereocenters. The minimum atomic E-state index is -0.206. The molecule has 1 heterocycles. The molecule has 0 spiro atoms. The van der Waals surface area contributed by atoms with Gasteiger partial charge < -0.3 is 10.1 Å². The van der Waals surface area contributed by atoms with Gasteiger partial charge in [-0.1, -0.05) is 41.4 Å². The van der Waals surface area contributed by atoms with Crippen LogP contribution < -0.4 is 10.1 Å². The van der Waals surface area contributed by atoms with Gasteiger partial charge in [0.1, 0.15) is 11.5 Å². The summed E-state index contributed by atoms with van der Waals surface area (Å²) in [4.78, 5) is 12.7. The molecule has 1 amide bonds. The number of nitrogens with zero attached hydrogens (tertiary/aromatic N) is 2. The third kappa shape index (κ3) is 5.38. The third-order valence-corrected chi connectivity index (χ3v) is 5.83. The summed E-state index contributed by atoms with van der Waals surface area (Å²) >= 11 is 12.3. The van der Waals surface area contributed by atoms with E-state index in [2.05, 4.69) is 10.4 Å². The van der Waals surface area contributed by atoms with Gasteiger partial charge in [-0.15, -0.1) is 0 Å². The molecule has 0 fully saturated rings. The highest BCUT2D eigenvalue weighted by Gasteiger charge is 2.10. The number of anilines is 1. The Bertz CT molecular complexity index is 1460. The first-order valence-corrected chi connectivity index (χ1v) is 11.6. The Morgan fingerprint density at radius 1 is 0.800 bits per heavy atom. The Kier molecular flexibility index (Phi) is 6.53. The van der Waals surface area contributed by atoms with E-state index in [1.807, 2.05) is 72.9 Å². The second kappa shape index (κ2) is 10.1. The topological polar surface area (TPSA) is 56.1 Å². The molecule has 1 N–H and O–H groups in total. The van der Waals surface area contributed by atoms with Crippen LogP contribution in [0.25, 0.3) is 16.9 Å². The smallest absolute Gasteiger partial charge is 0.255 e. The SMILES string of the molecule is O=C(Nc1ccc(Oc2ccccc2)cc1)c1ccc(-n2ccc(-c3ccc(Cl)cc3Cl)n2)cc1. The van der Waals surface area contributed by atoms with Crippen LogP contribution in [0.5, 0.6) is 11.5 Å². The normalized spacial score (nSPS) is 10.7. The summed E-state index contributed by atoms with van der Waals surface area (Å²) in [6, 6.07) is 31.1. The second-order valence-corrected chi connectivity index (χ2v) is 8.55. The fourth-order valence-corrected chi connectivity index (χ4v) is 4.01. The molecule has 0 aliphatic heterocycles. The second-order valence-electron chi connectivity index (χ2n) is 7.71. The lowest BCUT2D eigenvalue weighted by atomic mass is 10.1. The van der Waals surface area contributed by atoms with E-state index in [-0.39, 0.29) is 5.91 Å². The molecule has 0 saturated heterocycles. The standard InChI is InChI=1S/C28H19Cl2N3O2/c29-20-8-15-25(26(30)18-20)27-16-17-33(32-27)22-11-6-19(7-12-22)28(34)31-21-9-13-24(14-10-21)35-23-4-2-1-3-5-23/h1-18H,(H,31,34). The lowest BCUT2D eigenvalue weighted by Gasteiger charge is -2.09. The van der Waals surface area contributed by atoms with Crippen LogP contribution in [-0.2, 0) is 0 Å². The molecule has 4 aromatic carbocycles. The van der Waals surface area contributed by atoms with Crippen molar-refractivity contribution in [1.29, 1.82) is 0 Å². The summed E-state index contributed by atoms with van der Waals surface area (Å²) < 4.78 is 7.52. The van der Waals surface area contributed by atoms with Crippen molar-refractivity contribution < 1.29 is 9.53 Å². The van der Waals surface area contributed by atoms with E-state index in [1.54, 1.807) is 41.1 Å². The molecule has 0 aliphatic rings. The lowest BCUT2D eigenvalue weighted by Crippen LogP contribution is -2.11. The zero-order valence-corrected chi connectivity index (χ0v) is 19.9. The summed E-state index contributed by atoms with van der Waals surface area (Å²) in [5.74, 6) is 1.24. The molecular weight excluding hydrogens is 481 g/mol. The first kappa shape index (κ1) is 22.7. The van der Waals surface area contributed by atoms with Crippen molar-refractivity contribution in [3.05, 3.63) is 125 Å². The summed E-state index contributed by atoms with van der Waals surface area (Å²) in [5.41, 5.74) is 3.56. The summed E-state index contributed by atoms with van der Waals surface area (Å²) in [5, 5.41) is 8.61. The van der Waals surface area contributed by atoms with Gasteiger partial charge >= 0.3 is 0 Å². The molecule has 5 rings (SSSR count). The number of amides is 1. The first-order chi connectivity index (χ1) is 17.0. The summed E-state index contributed by atoms with van der Waals surface area (Å²) in [6.07, 6.45) is 1.84. The Labute approximate surface area is 212 Å². The van der Waals surface area contributed by atoms with Crippen molar-refractivity contribution in [1.82, 2.24) is 9.78 Å². The van der Waals surface area contributed by atoms with E-state index >= 15 is 0 Å². The van der Waals surface area contributed by atoms with E-state index in [0.29, 0.717) is 27.0 Å². The molecule has 0 aliphatic carbocycles. The molecule has 0 saturated carbocycles. The van der Waals surface area contributed by atoms with E-state index in [4.69, 9.17) is 27.9 Å². The number of ether oxygens (including phenoxy) is 1. The maximum atomic E-state index is 12.7. The van der Waals surface area contributed by atoms with E-state index in [9.17, 15) is 4.79 Å². The van der Waals surface area contributed by atoms with Crippen molar-refractivity contribution in [3.8, 4) is 28.4 Å². The molecule has 5 nitrogen and oxygen atoms in total. The van der Waals surface area contributed by atoms with Crippen LogP contribution in [0.1, 0.15) is 10.4 Å². The molecule has 0 radical (unpaired) electrons. The van der Waals surface area contributed by atoms with Crippen molar-refractivity contribution in [2.75, 3.05) is 5.32 Å². The van der Waals surface area contributed by atoms with Gasteiger partial charge in [-0.05, 0) is 84.9 Å². The maximum Gasteiger partial charge on any atom is 0.255 e. The number of halogens is 2. The van der Waals surface area contributed by atoms with Crippen LogP contribution in [0.15, 0.2) is 109 Å². The number of carbonyl (C=O) groups is 1. The molecule has 5 aromatic rings. The van der Waals surface area contributed by atoms with Gasteiger partial charge in [0.2, 0.25) is 0 Å². The molecule has 35 heavy (non-hydrogen) atoms. The van der Waals surface area contributed by atoms with Gasteiger partial charge in [0, 0.05) is 28.0 Å². The van der Waals surface area contributed by atoms with Gasteiger partial charge in [0.15, 0.2) is 0 Å². The Morgan fingerprint density at radius 3 is 2.23 bits per heavy atom. The van der Waals surface area contributed by atoms with Crippen LogP contribution >= 0.6 is 23.2 Å². The van der Waals surface area contributed by atoms with Gasteiger partial charge in [-0.2, -0.15) is 5.10 Å².